The topological polar surface area (TPSA) is 121 Å². The van der Waals surface area contributed by atoms with Crippen molar-refractivity contribution in [3.05, 3.63) is 46.6 Å². The van der Waals surface area contributed by atoms with Crippen LogP contribution in [0.1, 0.15) is 0 Å². The van der Waals surface area contributed by atoms with Gasteiger partial charge in [0, 0.05) is 57.1 Å². The maximum Gasteiger partial charge on any atom is 0.197 e. The van der Waals surface area contributed by atoms with Crippen LogP contribution < -0.4 is 14.9 Å². The van der Waals surface area contributed by atoms with Gasteiger partial charge in [0.25, 0.3) is 0 Å². The maximum absolute atomic E-state index is 13.9. The molecule has 2 aliphatic heterocycles. The molecule has 0 N–H and O–H groups in total. The first-order valence-corrected chi connectivity index (χ1v) is 18.6. The molecule has 52 heavy (non-hydrogen) atoms. The molecule has 2 aromatic carbocycles. The number of benzene rings is 2. The predicted molar refractivity (Wildman–Crippen MR) is 197 cm³/mol. The lowest BCUT2D eigenvalue weighted by Gasteiger charge is -2.22. The van der Waals surface area contributed by atoms with Crippen LogP contribution in [0.2, 0.25) is 0 Å². The monoisotopic (exact) mass is 731 g/mol. The molecule has 290 valence electrons. The Bertz CT molecular complexity index is 1370. The Morgan fingerprint density at radius 3 is 1.12 bits per heavy atom. The third kappa shape index (κ3) is 13.8. The first kappa shape index (κ1) is 40.3. The molecule has 0 unspecified atom stereocenters. The van der Waals surface area contributed by atoms with Crippen LogP contribution in [0.5, 0.6) is 11.5 Å². The van der Waals surface area contributed by atoms with Crippen molar-refractivity contribution in [1.29, 1.82) is 0 Å². The molecule has 2 saturated heterocycles. The van der Waals surface area contributed by atoms with Gasteiger partial charge in [0.15, 0.2) is 5.43 Å². The molecule has 0 bridgehead atoms. The van der Waals surface area contributed by atoms with E-state index in [9.17, 15) is 4.79 Å². The third-order valence-electron chi connectivity index (χ3n) is 8.94. The van der Waals surface area contributed by atoms with E-state index in [1.807, 2.05) is 48.0 Å². The van der Waals surface area contributed by atoms with E-state index < -0.39 is 0 Å². The van der Waals surface area contributed by atoms with Crippen LogP contribution in [0.4, 0.5) is 0 Å². The molecule has 0 saturated carbocycles. The summed E-state index contributed by atoms with van der Waals surface area (Å²) in [5, 5.41) is 1.20. The van der Waals surface area contributed by atoms with Crippen LogP contribution >= 0.6 is 0 Å². The summed E-state index contributed by atoms with van der Waals surface area (Å²) in [6.07, 6.45) is 0. The molecule has 0 amide bonds. The quantitative estimate of drug-likeness (QED) is 0.316. The average molecular weight is 732 g/mol. The summed E-state index contributed by atoms with van der Waals surface area (Å²) in [6, 6.07) is 11.4. The van der Waals surface area contributed by atoms with Crippen molar-refractivity contribution in [2.75, 3.05) is 158 Å². The second-order valence-electron chi connectivity index (χ2n) is 12.5. The van der Waals surface area contributed by atoms with Gasteiger partial charge in [-0.15, -0.1) is 0 Å². The second-order valence-corrected chi connectivity index (χ2v) is 12.5. The summed E-state index contributed by atoms with van der Waals surface area (Å²) >= 11 is 0. The van der Waals surface area contributed by atoms with Crippen molar-refractivity contribution in [3.8, 4) is 11.5 Å². The number of rotatable bonds is 8. The molecule has 0 spiro atoms. The van der Waals surface area contributed by atoms with Gasteiger partial charge in [-0.25, -0.2) is 0 Å². The van der Waals surface area contributed by atoms with Crippen molar-refractivity contribution in [3.63, 3.8) is 0 Å². The molecule has 1 aromatic heterocycles. The molecule has 3 heterocycles. The van der Waals surface area contributed by atoms with E-state index in [1.165, 1.54) is 0 Å². The Morgan fingerprint density at radius 1 is 0.481 bits per heavy atom. The zero-order valence-electron chi connectivity index (χ0n) is 30.8. The van der Waals surface area contributed by atoms with Crippen LogP contribution in [0, 0.1) is 0 Å². The summed E-state index contributed by atoms with van der Waals surface area (Å²) in [5.74, 6) is 1.30. The predicted octanol–water partition coefficient (Wildman–Crippen LogP) is 2.21. The van der Waals surface area contributed by atoms with Crippen molar-refractivity contribution >= 4 is 21.8 Å². The number of ether oxygens (including phenoxy) is 10. The largest absolute Gasteiger partial charge is 0.492 e. The highest BCUT2D eigenvalue weighted by Crippen LogP contribution is 2.25. The zero-order valence-corrected chi connectivity index (χ0v) is 30.8. The Morgan fingerprint density at radius 2 is 0.788 bits per heavy atom. The van der Waals surface area contributed by atoms with Gasteiger partial charge in [0.05, 0.1) is 117 Å². The minimum absolute atomic E-state index is 0.0558. The normalized spacial score (nSPS) is 20.0. The van der Waals surface area contributed by atoms with E-state index in [0.29, 0.717) is 154 Å². The van der Waals surface area contributed by atoms with Crippen molar-refractivity contribution < 1.29 is 47.4 Å². The molecule has 14 nitrogen and oxygen atoms in total. The maximum atomic E-state index is 13.9. The molecule has 2 aliphatic rings. The Kier molecular flexibility index (Phi) is 18.4. The molecule has 5 rings (SSSR count). The van der Waals surface area contributed by atoms with Crippen LogP contribution in [-0.4, -0.2) is 173 Å². The first-order chi connectivity index (χ1) is 25.7. The summed E-state index contributed by atoms with van der Waals surface area (Å²) < 4.78 is 59.5. The van der Waals surface area contributed by atoms with Gasteiger partial charge in [-0.2, -0.15) is 0 Å². The number of nitrogens with zero attached hydrogens (tertiary/aromatic N) is 3. The van der Waals surface area contributed by atoms with E-state index in [1.54, 1.807) is 0 Å². The first-order valence-electron chi connectivity index (χ1n) is 18.6. The van der Waals surface area contributed by atoms with E-state index in [4.69, 9.17) is 47.4 Å². The highest BCUT2D eigenvalue weighted by Gasteiger charge is 2.13. The molecule has 3 aromatic rings. The van der Waals surface area contributed by atoms with E-state index in [-0.39, 0.29) is 5.43 Å². The van der Waals surface area contributed by atoms with Gasteiger partial charge >= 0.3 is 0 Å². The van der Waals surface area contributed by atoms with E-state index in [0.717, 1.165) is 37.2 Å². The number of hydrogen-bond acceptors (Lipinski definition) is 13. The Balaban J connectivity index is 1.16. The van der Waals surface area contributed by atoms with Crippen LogP contribution in [-0.2, 0) is 44.9 Å². The van der Waals surface area contributed by atoms with E-state index >= 15 is 0 Å². The summed E-state index contributed by atoms with van der Waals surface area (Å²) in [7, 11) is 1.97. The standard InChI is InChI=1S/C38H57N3O11/c1-39-36-4-2-32(51-16-10-40-6-12-43-18-22-47-26-27-48-23-19-44-13-7-40)30-34(36)38(42)35-31-33(3-5-37(35)39)52-17-11-41-8-14-45-20-24-49-28-29-50-25-21-46-15-9-41/h2-5,30-31H,6-29H2,1H3. The fourth-order valence-corrected chi connectivity index (χ4v) is 5.99. The zero-order chi connectivity index (χ0) is 36.1. The van der Waals surface area contributed by atoms with E-state index in [2.05, 4.69) is 9.80 Å². The van der Waals surface area contributed by atoms with Gasteiger partial charge in [-0.3, -0.25) is 14.6 Å². The van der Waals surface area contributed by atoms with Crippen molar-refractivity contribution in [2.45, 2.75) is 0 Å². The van der Waals surface area contributed by atoms with Crippen molar-refractivity contribution in [1.82, 2.24) is 14.4 Å². The molecular weight excluding hydrogens is 674 g/mol. The third-order valence-corrected chi connectivity index (χ3v) is 8.94. The highest BCUT2D eigenvalue weighted by atomic mass is 16.6. The lowest BCUT2D eigenvalue weighted by atomic mass is 10.1. The highest BCUT2D eigenvalue weighted by molar-refractivity contribution is 5.94. The molecule has 0 aliphatic carbocycles. The Hall–Kier alpha value is -2.89. The van der Waals surface area contributed by atoms with Crippen LogP contribution in [0.3, 0.4) is 0 Å². The minimum Gasteiger partial charge on any atom is -0.492 e. The van der Waals surface area contributed by atoms with Gasteiger partial charge < -0.3 is 51.9 Å². The number of aromatic nitrogens is 1. The van der Waals surface area contributed by atoms with Gasteiger partial charge in [-0.05, 0) is 36.4 Å². The number of pyridine rings is 1. The minimum atomic E-state index is -0.0558. The molecule has 2 fully saturated rings. The summed E-state index contributed by atoms with van der Waals surface area (Å²) in [4.78, 5) is 18.4. The smallest absolute Gasteiger partial charge is 0.197 e. The number of aryl methyl sites for hydroxylation is 1. The van der Waals surface area contributed by atoms with Gasteiger partial charge in [0.2, 0.25) is 0 Å². The summed E-state index contributed by atoms with van der Waals surface area (Å²) in [5.41, 5.74) is 1.62. The van der Waals surface area contributed by atoms with Gasteiger partial charge in [0.1, 0.15) is 24.7 Å². The fraction of sp³-hybridized carbons (Fsp3) is 0.658. The SMILES string of the molecule is Cn1c2ccc(OCCN3CCOCCOCCOCCOCC3)cc2c(=O)c2cc(OCCN3CCOCCOCCOCCOCC3)ccc21. The molecule has 0 radical (unpaired) electrons. The van der Waals surface area contributed by atoms with Gasteiger partial charge in [-0.1, -0.05) is 0 Å². The second kappa shape index (κ2) is 23.7. The van der Waals surface area contributed by atoms with Crippen molar-refractivity contribution in [2.24, 2.45) is 7.05 Å². The lowest BCUT2D eigenvalue weighted by molar-refractivity contribution is 0.00206. The fourth-order valence-electron chi connectivity index (χ4n) is 5.99. The molecular formula is C38H57N3O11. The van der Waals surface area contributed by atoms with Crippen LogP contribution in [0.15, 0.2) is 41.2 Å². The number of hydrogen-bond donors (Lipinski definition) is 0. The van der Waals surface area contributed by atoms with Crippen LogP contribution in [0.25, 0.3) is 21.8 Å². The Labute approximate surface area is 306 Å². The lowest BCUT2D eigenvalue weighted by Crippen LogP contribution is -2.35. The molecule has 0 atom stereocenters. The summed E-state index contributed by atoms with van der Waals surface area (Å²) in [6.45, 7) is 14.3. The number of fused-ring (bicyclic) bond motifs is 2. The average Bonchev–Trinajstić information content (AvgIpc) is 3.18. The molecule has 14 heteroatoms.